The molecule has 1 fully saturated rings. The van der Waals surface area contributed by atoms with E-state index in [0.717, 1.165) is 32.3 Å². The number of amides is 2. The standard InChI is InChI=1S/C16H25N3O3S/c1-18-10-4-5-13(11-18)12-19(2)16(20)17-14-6-8-15(9-7-14)23(3,21)22/h6-9,13H,4-5,10-12H2,1-3H3,(H,17,20). The van der Waals surface area contributed by atoms with Crippen molar-refractivity contribution in [1.29, 1.82) is 0 Å². The van der Waals surface area contributed by atoms with Gasteiger partial charge in [-0.05, 0) is 56.6 Å². The first kappa shape index (κ1) is 17.7. The fourth-order valence-corrected chi connectivity index (χ4v) is 3.53. The molecule has 1 aliphatic heterocycles. The first-order chi connectivity index (χ1) is 10.8. The second-order valence-corrected chi connectivity index (χ2v) is 8.39. The maximum atomic E-state index is 12.2. The highest BCUT2D eigenvalue weighted by molar-refractivity contribution is 7.90. The summed E-state index contributed by atoms with van der Waals surface area (Å²) in [4.78, 5) is 16.5. The molecule has 1 unspecified atom stereocenters. The van der Waals surface area contributed by atoms with Crippen molar-refractivity contribution in [3.63, 3.8) is 0 Å². The van der Waals surface area contributed by atoms with Crippen molar-refractivity contribution in [2.45, 2.75) is 17.7 Å². The molecule has 2 amide bonds. The zero-order valence-corrected chi connectivity index (χ0v) is 14.8. The Kier molecular flexibility index (Phi) is 5.64. The molecule has 128 valence electrons. The highest BCUT2D eigenvalue weighted by atomic mass is 32.2. The van der Waals surface area contributed by atoms with Gasteiger partial charge in [0.2, 0.25) is 0 Å². The number of rotatable bonds is 4. The third kappa shape index (κ3) is 5.21. The summed E-state index contributed by atoms with van der Waals surface area (Å²) in [6.07, 6.45) is 3.48. The van der Waals surface area contributed by atoms with Crippen molar-refractivity contribution in [3.05, 3.63) is 24.3 Å². The summed E-state index contributed by atoms with van der Waals surface area (Å²) in [5.41, 5.74) is 0.593. The summed E-state index contributed by atoms with van der Waals surface area (Å²) < 4.78 is 22.8. The van der Waals surface area contributed by atoms with E-state index < -0.39 is 9.84 Å². The minimum Gasteiger partial charge on any atom is -0.327 e. The third-order valence-corrected chi connectivity index (χ3v) is 5.26. The summed E-state index contributed by atoms with van der Waals surface area (Å²) in [5, 5.41) is 2.80. The predicted octanol–water partition coefficient (Wildman–Crippen LogP) is 1.90. The van der Waals surface area contributed by atoms with Gasteiger partial charge in [0.25, 0.3) is 0 Å². The van der Waals surface area contributed by atoms with E-state index in [1.165, 1.54) is 18.6 Å². The average molecular weight is 339 g/mol. The van der Waals surface area contributed by atoms with Crippen molar-refractivity contribution in [3.8, 4) is 0 Å². The number of carbonyl (C=O) groups is 1. The molecule has 1 aromatic carbocycles. The van der Waals surface area contributed by atoms with Gasteiger partial charge in [-0.3, -0.25) is 0 Å². The molecule has 1 atom stereocenters. The summed E-state index contributed by atoms with van der Waals surface area (Å²) in [5.74, 6) is 0.497. The minimum absolute atomic E-state index is 0.176. The van der Waals surface area contributed by atoms with Gasteiger partial charge in [-0.25, -0.2) is 13.2 Å². The van der Waals surface area contributed by atoms with Crippen LogP contribution in [0.25, 0.3) is 0 Å². The Hall–Kier alpha value is -1.60. The quantitative estimate of drug-likeness (QED) is 0.909. The highest BCUT2D eigenvalue weighted by Crippen LogP contribution is 2.17. The maximum Gasteiger partial charge on any atom is 0.321 e. The number of nitrogens with one attached hydrogen (secondary N) is 1. The van der Waals surface area contributed by atoms with Crippen molar-refractivity contribution in [2.75, 3.05) is 45.3 Å². The van der Waals surface area contributed by atoms with Gasteiger partial charge in [0, 0.05) is 32.1 Å². The Bertz CT molecular complexity index is 643. The van der Waals surface area contributed by atoms with Crippen LogP contribution in [0.2, 0.25) is 0 Å². The van der Waals surface area contributed by atoms with Crippen LogP contribution in [0.5, 0.6) is 0 Å². The lowest BCUT2D eigenvalue weighted by Crippen LogP contribution is -2.41. The van der Waals surface area contributed by atoms with Gasteiger partial charge in [0.05, 0.1) is 4.90 Å². The number of carbonyl (C=O) groups excluding carboxylic acids is 1. The Balaban J connectivity index is 1.90. The molecule has 0 spiro atoms. The van der Waals surface area contributed by atoms with E-state index in [0.29, 0.717) is 11.6 Å². The Labute approximate surface area is 138 Å². The molecule has 0 saturated carbocycles. The van der Waals surface area contributed by atoms with E-state index in [4.69, 9.17) is 0 Å². The molecule has 6 nitrogen and oxygen atoms in total. The average Bonchev–Trinajstić information content (AvgIpc) is 2.46. The molecule has 1 heterocycles. The van der Waals surface area contributed by atoms with Gasteiger partial charge in [-0.2, -0.15) is 0 Å². The van der Waals surface area contributed by atoms with E-state index in [2.05, 4.69) is 17.3 Å². The number of anilines is 1. The Morgan fingerprint density at radius 2 is 2.00 bits per heavy atom. The number of sulfone groups is 1. The summed E-state index contributed by atoms with van der Waals surface area (Å²) in [7, 11) is 0.677. The molecule has 0 radical (unpaired) electrons. The second kappa shape index (κ2) is 7.31. The summed E-state index contributed by atoms with van der Waals surface area (Å²) >= 11 is 0. The lowest BCUT2D eigenvalue weighted by Gasteiger charge is -2.32. The van der Waals surface area contributed by atoms with E-state index in [-0.39, 0.29) is 10.9 Å². The lowest BCUT2D eigenvalue weighted by molar-refractivity contribution is 0.170. The first-order valence-corrected chi connectivity index (χ1v) is 9.65. The molecule has 0 aliphatic carbocycles. The molecule has 2 rings (SSSR count). The topological polar surface area (TPSA) is 69.7 Å². The van der Waals surface area contributed by atoms with Crippen molar-refractivity contribution < 1.29 is 13.2 Å². The Morgan fingerprint density at radius 3 is 2.57 bits per heavy atom. The molecule has 1 aliphatic rings. The van der Waals surface area contributed by atoms with E-state index in [1.807, 2.05) is 0 Å². The minimum atomic E-state index is -3.22. The number of piperidine rings is 1. The van der Waals surface area contributed by atoms with Crippen LogP contribution < -0.4 is 5.32 Å². The van der Waals surface area contributed by atoms with Gasteiger partial charge in [-0.1, -0.05) is 0 Å². The second-order valence-electron chi connectivity index (χ2n) is 6.38. The molecule has 7 heteroatoms. The number of likely N-dealkylation sites (tertiary alicyclic amines) is 1. The molecule has 0 aromatic heterocycles. The maximum absolute atomic E-state index is 12.2. The predicted molar refractivity (Wildman–Crippen MR) is 91.4 cm³/mol. The van der Waals surface area contributed by atoms with Crippen molar-refractivity contribution in [2.24, 2.45) is 5.92 Å². The van der Waals surface area contributed by atoms with Crippen molar-refractivity contribution >= 4 is 21.6 Å². The van der Waals surface area contributed by atoms with E-state index >= 15 is 0 Å². The largest absolute Gasteiger partial charge is 0.327 e. The van der Waals surface area contributed by atoms with Crippen LogP contribution in [0.15, 0.2) is 29.2 Å². The molecule has 0 bridgehead atoms. The third-order valence-electron chi connectivity index (χ3n) is 4.13. The van der Waals surface area contributed by atoms with E-state index in [1.54, 1.807) is 24.1 Å². The van der Waals surface area contributed by atoms with Gasteiger partial charge >= 0.3 is 6.03 Å². The monoisotopic (exact) mass is 339 g/mol. The van der Waals surface area contributed by atoms with Gasteiger partial charge < -0.3 is 15.1 Å². The SMILES string of the molecule is CN1CCCC(CN(C)C(=O)Nc2ccc(S(C)(=O)=O)cc2)C1. The number of hydrogen-bond donors (Lipinski definition) is 1. The molecular weight excluding hydrogens is 314 g/mol. The fourth-order valence-electron chi connectivity index (χ4n) is 2.90. The summed E-state index contributed by atoms with van der Waals surface area (Å²) in [6.45, 7) is 2.86. The molecular formula is C16H25N3O3S. The highest BCUT2D eigenvalue weighted by Gasteiger charge is 2.20. The number of urea groups is 1. The molecule has 23 heavy (non-hydrogen) atoms. The number of hydrogen-bond acceptors (Lipinski definition) is 4. The van der Waals surface area contributed by atoms with Crippen LogP contribution in [0.3, 0.4) is 0 Å². The zero-order valence-electron chi connectivity index (χ0n) is 13.9. The van der Waals surface area contributed by atoms with Crippen LogP contribution in [0, 0.1) is 5.92 Å². The van der Waals surface area contributed by atoms with Crippen molar-refractivity contribution in [1.82, 2.24) is 9.80 Å². The van der Waals surface area contributed by atoms with Gasteiger partial charge in [0.1, 0.15) is 0 Å². The normalized spacial score (nSPS) is 19.3. The summed E-state index contributed by atoms with van der Waals surface area (Å²) in [6, 6.07) is 6.04. The lowest BCUT2D eigenvalue weighted by atomic mass is 9.98. The van der Waals surface area contributed by atoms with Gasteiger partial charge in [-0.15, -0.1) is 0 Å². The molecule has 1 saturated heterocycles. The fraction of sp³-hybridized carbons (Fsp3) is 0.562. The number of nitrogens with zero attached hydrogens (tertiary/aromatic N) is 2. The van der Waals surface area contributed by atoms with Crippen LogP contribution >= 0.6 is 0 Å². The first-order valence-electron chi connectivity index (χ1n) is 7.76. The molecule has 1 N–H and O–H groups in total. The van der Waals surface area contributed by atoms with Crippen LogP contribution in [-0.4, -0.2) is 64.2 Å². The van der Waals surface area contributed by atoms with Crippen LogP contribution in [0.4, 0.5) is 10.5 Å². The van der Waals surface area contributed by atoms with Gasteiger partial charge in [0.15, 0.2) is 9.84 Å². The Morgan fingerprint density at radius 1 is 1.35 bits per heavy atom. The van der Waals surface area contributed by atoms with Crippen LogP contribution in [0.1, 0.15) is 12.8 Å². The van der Waals surface area contributed by atoms with Crippen LogP contribution in [-0.2, 0) is 9.84 Å². The zero-order chi connectivity index (χ0) is 17.0. The number of benzene rings is 1. The molecule has 1 aromatic rings. The smallest absolute Gasteiger partial charge is 0.321 e. The van der Waals surface area contributed by atoms with E-state index in [9.17, 15) is 13.2 Å².